The molecule has 0 aliphatic carbocycles. The van der Waals surface area contributed by atoms with Gasteiger partial charge in [-0.3, -0.25) is 0 Å². The van der Waals surface area contributed by atoms with Crippen LogP contribution < -0.4 is 4.74 Å². The summed E-state index contributed by atoms with van der Waals surface area (Å²) in [5, 5.41) is 0. The Hall–Kier alpha value is -2.53. The number of aliphatic imine (C=N–C) groups is 1. The van der Waals surface area contributed by atoms with Crippen LogP contribution in [-0.2, 0) is 0 Å². The van der Waals surface area contributed by atoms with Crippen molar-refractivity contribution in [2.24, 2.45) is 4.99 Å². The molecule has 0 N–H and O–H groups in total. The molecule has 2 nitrogen and oxygen atoms in total. The van der Waals surface area contributed by atoms with Gasteiger partial charge in [-0.05, 0) is 67.8 Å². The Morgan fingerprint density at radius 2 is 1.88 bits per heavy atom. The smallest absolute Gasteiger partial charge is 0.119 e. The monoisotopic (exact) mass is 337 g/mol. The Morgan fingerprint density at radius 1 is 1.28 bits per heavy atom. The number of hydrogen-bond donors (Lipinski definition) is 0. The highest BCUT2D eigenvalue weighted by molar-refractivity contribution is 6.14. The number of rotatable bonds is 5. The molecule has 1 aliphatic rings. The molecule has 0 atom stereocenters. The minimum Gasteiger partial charge on any atom is -0.494 e. The van der Waals surface area contributed by atoms with Crippen molar-refractivity contribution in [1.29, 1.82) is 0 Å². The van der Waals surface area contributed by atoms with Gasteiger partial charge in [0.25, 0.3) is 0 Å². The van der Waals surface area contributed by atoms with Crippen LogP contribution in [-0.4, -0.2) is 12.3 Å². The van der Waals surface area contributed by atoms with Crippen LogP contribution >= 0.6 is 0 Å². The lowest BCUT2D eigenvalue weighted by Gasteiger charge is -2.18. The first-order valence-corrected chi connectivity index (χ1v) is 8.93. The average molecular weight is 338 g/mol. The van der Waals surface area contributed by atoms with Gasteiger partial charge in [0.15, 0.2) is 0 Å². The first-order valence-electron chi connectivity index (χ1n) is 8.93. The molecule has 0 aromatic heterocycles. The summed E-state index contributed by atoms with van der Waals surface area (Å²) >= 11 is 0. The Bertz CT molecular complexity index is 712. The number of aryl methyl sites for hydroxylation is 1. The molecule has 0 fully saturated rings. The van der Waals surface area contributed by atoms with Crippen molar-refractivity contribution >= 4 is 5.71 Å². The molecule has 0 saturated heterocycles. The third kappa shape index (κ3) is 6.12. The van der Waals surface area contributed by atoms with Crippen molar-refractivity contribution in [3.8, 4) is 18.1 Å². The number of terminal acetylenes is 1. The van der Waals surface area contributed by atoms with E-state index in [0.717, 1.165) is 39.4 Å². The molecule has 134 valence electrons. The molecule has 0 radical (unpaired) electrons. The fraction of sp³-hybridized carbons (Fsp3) is 0.348. The summed E-state index contributed by atoms with van der Waals surface area (Å²) < 4.78 is 5.50. The van der Waals surface area contributed by atoms with E-state index in [4.69, 9.17) is 11.2 Å². The lowest BCUT2D eigenvalue weighted by Crippen LogP contribution is -2.10. The van der Waals surface area contributed by atoms with Crippen LogP contribution in [0, 0.1) is 19.3 Å². The third-order valence-electron chi connectivity index (χ3n) is 3.38. The van der Waals surface area contributed by atoms with Gasteiger partial charge >= 0.3 is 0 Å². The molecule has 1 aromatic rings. The maximum absolute atomic E-state index is 5.50. The third-order valence-corrected chi connectivity index (χ3v) is 3.38. The fourth-order valence-corrected chi connectivity index (χ4v) is 2.14. The Morgan fingerprint density at radius 3 is 2.36 bits per heavy atom. The van der Waals surface area contributed by atoms with Crippen LogP contribution in [0.15, 0.2) is 58.8 Å². The summed E-state index contributed by atoms with van der Waals surface area (Å²) in [6, 6.07) is 6.04. The number of nitrogens with zero attached hydrogens (tertiary/aromatic N) is 1. The molecule has 1 aromatic carbocycles. The van der Waals surface area contributed by atoms with Gasteiger partial charge in [0.05, 0.1) is 18.0 Å². The minimum absolute atomic E-state index is 0.671. The van der Waals surface area contributed by atoms with Crippen molar-refractivity contribution in [2.75, 3.05) is 6.61 Å². The van der Waals surface area contributed by atoms with E-state index in [0.29, 0.717) is 6.61 Å². The van der Waals surface area contributed by atoms with E-state index in [9.17, 15) is 0 Å². The van der Waals surface area contributed by atoms with Gasteiger partial charge in [-0.1, -0.05) is 40.2 Å². The molecule has 0 bridgehead atoms. The van der Waals surface area contributed by atoms with Crippen molar-refractivity contribution in [3.63, 3.8) is 0 Å². The van der Waals surface area contributed by atoms with Crippen LogP contribution in [0.5, 0.6) is 5.75 Å². The average Bonchev–Trinajstić information content (AvgIpc) is 2.59. The Labute approximate surface area is 154 Å². The van der Waals surface area contributed by atoms with E-state index in [1.165, 1.54) is 0 Å². The molecular weight excluding hydrogens is 306 g/mol. The van der Waals surface area contributed by atoms with Gasteiger partial charge < -0.3 is 4.74 Å². The van der Waals surface area contributed by atoms with Gasteiger partial charge in [-0.15, -0.1) is 6.42 Å². The standard InChI is InChI=1S/C19H19NO.2C2H6/c1-6-8-13(3)15(5)18-12-19(20-18)17-10-9-16(21-7-2)11-14(17)4;2*1-2/h1,8-12H,5,7H2,2-4H3;2*1-2H3/b13-8-;;. The lowest BCUT2D eigenvalue weighted by atomic mass is 9.95. The molecule has 0 unspecified atom stereocenters. The van der Waals surface area contributed by atoms with Crippen LogP contribution in [0.4, 0.5) is 0 Å². The van der Waals surface area contributed by atoms with Crippen molar-refractivity contribution in [3.05, 3.63) is 64.9 Å². The zero-order valence-corrected chi connectivity index (χ0v) is 16.7. The largest absolute Gasteiger partial charge is 0.494 e. The topological polar surface area (TPSA) is 21.6 Å². The molecule has 0 saturated carbocycles. The van der Waals surface area contributed by atoms with Crippen LogP contribution in [0.1, 0.15) is 52.7 Å². The van der Waals surface area contributed by atoms with Crippen LogP contribution in [0.3, 0.4) is 0 Å². The summed E-state index contributed by atoms with van der Waals surface area (Å²) in [5.74, 6) is 3.40. The highest BCUT2D eigenvalue weighted by Gasteiger charge is 2.17. The number of benzene rings is 1. The fourth-order valence-electron chi connectivity index (χ4n) is 2.14. The van der Waals surface area contributed by atoms with Gasteiger partial charge in [-0.25, -0.2) is 4.99 Å². The number of ether oxygens (including phenoxy) is 1. The predicted molar refractivity (Wildman–Crippen MR) is 111 cm³/mol. The first kappa shape index (κ1) is 22.5. The highest BCUT2D eigenvalue weighted by Crippen LogP contribution is 2.28. The second-order valence-electron chi connectivity index (χ2n) is 4.91. The summed E-state index contributed by atoms with van der Waals surface area (Å²) in [7, 11) is 0. The summed E-state index contributed by atoms with van der Waals surface area (Å²) in [6.45, 7) is 18.7. The van der Waals surface area contributed by atoms with Crippen LogP contribution in [0.2, 0.25) is 0 Å². The first-order chi connectivity index (χ1) is 12.1. The number of allylic oxidation sites excluding steroid dienone is 3. The molecule has 1 heterocycles. The normalized spacial score (nSPS) is 12.0. The predicted octanol–water partition coefficient (Wildman–Crippen LogP) is 6.27. The lowest BCUT2D eigenvalue weighted by molar-refractivity contribution is 0.340. The molecule has 25 heavy (non-hydrogen) atoms. The van der Waals surface area contributed by atoms with Crippen molar-refractivity contribution in [1.82, 2.24) is 0 Å². The molecule has 2 rings (SSSR count). The van der Waals surface area contributed by atoms with Gasteiger partial charge in [0, 0.05) is 5.56 Å². The zero-order chi connectivity index (χ0) is 19.4. The summed E-state index contributed by atoms with van der Waals surface area (Å²) in [4.78, 5) is 4.56. The second-order valence-corrected chi connectivity index (χ2v) is 4.91. The maximum atomic E-state index is 5.50. The minimum atomic E-state index is 0.671. The second kappa shape index (κ2) is 11.9. The Kier molecular flexibility index (Phi) is 10.7. The summed E-state index contributed by atoms with van der Waals surface area (Å²) in [6.07, 6.45) is 9.02. The summed E-state index contributed by atoms with van der Waals surface area (Å²) in [5.41, 5.74) is 5.97. The maximum Gasteiger partial charge on any atom is 0.119 e. The molecule has 0 spiro atoms. The van der Waals surface area contributed by atoms with Gasteiger partial charge in [0.2, 0.25) is 0 Å². The van der Waals surface area contributed by atoms with Crippen molar-refractivity contribution < 1.29 is 4.74 Å². The highest BCUT2D eigenvalue weighted by atomic mass is 16.5. The zero-order valence-electron chi connectivity index (χ0n) is 16.7. The van der Waals surface area contributed by atoms with E-state index in [1.807, 2.05) is 65.8 Å². The van der Waals surface area contributed by atoms with E-state index in [2.05, 4.69) is 24.4 Å². The number of hydrogen-bond acceptors (Lipinski definition) is 2. The molecule has 1 aliphatic heterocycles. The van der Waals surface area contributed by atoms with Crippen molar-refractivity contribution in [2.45, 2.75) is 48.5 Å². The molecule has 2 heteroatoms. The molecule has 0 amide bonds. The molecular formula is C23H31NO. The van der Waals surface area contributed by atoms with Gasteiger partial charge in [0.1, 0.15) is 5.75 Å². The van der Waals surface area contributed by atoms with E-state index in [1.54, 1.807) is 6.08 Å². The van der Waals surface area contributed by atoms with Gasteiger partial charge in [-0.2, -0.15) is 0 Å². The van der Waals surface area contributed by atoms with Crippen LogP contribution in [0.25, 0.3) is 0 Å². The SMILES string of the molecule is C#C/C=C(/C)C(=C)C1=CC(c2ccc(OCC)cc2C)=N1.CC.CC. The Balaban J connectivity index is 0.00000134. The van der Waals surface area contributed by atoms with E-state index in [-0.39, 0.29) is 0 Å². The quantitative estimate of drug-likeness (QED) is 0.458. The van der Waals surface area contributed by atoms with E-state index < -0.39 is 0 Å². The van der Waals surface area contributed by atoms with E-state index >= 15 is 0 Å².